The SMILES string of the molecule is CCCn1cnnc1CNc1nc(CC(C)C)nc2c1CCNC2=O. The zero-order valence-corrected chi connectivity index (χ0v) is 15.0. The fourth-order valence-corrected chi connectivity index (χ4v) is 2.95. The number of carbonyl (C=O) groups is 1. The second kappa shape index (κ2) is 7.58. The topological polar surface area (TPSA) is 97.6 Å². The van der Waals surface area contributed by atoms with Crippen LogP contribution in [-0.4, -0.2) is 37.2 Å². The van der Waals surface area contributed by atoms with Gasteiger partial charge in [0.1, 0.15) is 23.7 Å². The van der Waals surface area contributed by atoms with Gasteiger partial charge >= 0.3 is 0 Å². The van der Waals surface area contributed by atoms with Crippen molar-refractivity contribution in [3.63, 3.8) is 0 Å². The maximum absolute atomic E-state index is 12.2. The van der Waals surface area contributed by atoms with Crippen LogP contribution in [0.15, 0.2) is 6.33 Å². The van der Waals surface area contributed by atoms with Gasteiger partial charge in [0.05, 0.1) is 6.54 Å². The number of rotatable bonds is 7. The molecular weight excluding hydrogens is 318 g/mol. The van der Waals surface area contributed by atoms with Gasteiger partial charge in [0, 0.05) is 25.1 Å². The predicted molar refractivity (Wildman–Crippen MR) is 94.3 cm³/mol. The summed E-state index contributed by atoms with van der Waals surface area (Å²) in [5, 5.41) is 14.4. The number of aromatic nitrogens is 5. The van der Waals surface area contributed by atoms with Gasteiger partial charge < -0.3 is 15.2 Å². The van der Waals surface area contributed by atoms with Crippen molar-refractivity contribution in [2.75, 3.05) is 11.9 Å². The van der Waals surface area contributed by atoms with Gasteiger partial charge in [0.15, 0.2) is 5.82 Å². The number of fused-ring (bicyclic) bond motifs is 1. The first kappa shape index (κ1) is 17.3. The lowest BCUT2D eigenvalue weighted by Gasteiger charge is -2.20. The summed E-state index contributed by atoms with van der Waals surface area (Å²) < 4.78 is 2.03. The Morgan fingerprint density at radius 3 is 2.96 bits per heavy atom. The van der Waals surface area contributed by atoms with Gasteiger partial charge in [0.25, 0.3) is 5.91 Å². The summed E-state index contributed by atoms with van der Waals surface area (Å²) in [5.74, 6) is 2.60. The van der Waals surface area contributed by atoms with E-state index in [-0.39, 0.29) is 5.91 Å². The molecule has 0 saturated heterocycles. The smallest absolute Gasteiger partial charge is 0.270 e. The van der Waals surface area contributed by atoms with Crippen molar-refractivity contribution >= 4 is 11.7 Å². The van der Waals surface area contributed by atoms with Gasteiger partial charge in [-0.05, 0) is 18.8 Å². The van der Waals surface area contributed by atoms with E-state index in [2.05, 4.69) is 51.6 Å². The third-order valence-electron chi connectivity index (χ3n) is 4.09. The average molecular weight is 343 g/mol. The number of nitrogens with one attached hydrogen (secondary N) is 2. The number of anilines is 1. The van der Waals surface area contributed by atoms with Crippen LogP contribution in [0.3, 0.4) is 0 Å². The van der Waals surface area contributed by atoms with Crippen molar-refractivity contribution < 1.29 is 4.79 Å². The molecule has 0 saturated carbocycles. The number of nitrogens with zero attached hydrogens (tertiary/aromatic N) is 5. The summed E-state index contributed by atoms with van der Waals surface area (Å²) in [5.41, 5.74) is 1.38. The molecule has 2 aromatic rings. The lowest BCUT2D eigenvalue weighted by Crippen LogP contribution is -2.34. The summed E-state index contributed by atoms with van der Waals surface area (Å²) in [7, 11) is 0. The first-order valence-corrected chi connectivity index (χ1v) is 8.87. The van der Waals surface area contributed by atoms with Crippen LogP contribution in [0.4, 0.5) is 5.82 Å². The number of aryl methyl sites for hydroxylation is 1. The molecular formula is C17H25N7O. The quantitative estimate of drug-likeness (QED) is 0.792. The number of hydrogen-bond acceptors (Lipinski definition) is 6. The fourth-order valence-electron chi connectivity index (χ4n) is 2.95. The number of carbonyl (C=O) groups excluding carboxylic acids is 1. The van der Waals surface area contributed by atoms with E-state index < -0.39 is 0 Å². The van der Waals surface area contributed by atoms with Gasteiger partial charge in [-0.1, -0.05) is 20.8 Å². The standard InChI is InChI=1S/C17H25N7O/c1-4-7-24-10-20-23-14(24)9-19-16-12-5-6-18-17(25)15(12)21-13(22-16)8-11(2)3/h10-11H,4-9H2,1-3H3,(H,18,25)(H,19,21,22). The molecule has 0 bridgehead atoms. The van der Waals surface area contributed by atoms with Crippen LogP contribution in [0, 0.1) is 5.92 Å². The third-order valence-corrected chi connectivity index (χ3v) is 4.09. The zero-order chi connectivity index (χ0) is 17.8. The molecule has 8 nitrogen and oxygen atoms in total. The summed E-state index contributed by atoms with van der Waals surface area (Å²) >= 11 is 0. The van der Waals surface area contributed by atoms with E-state index in [1.54, 1.807) is 6.33 Å². The van der Waals surface area contributed by atoms with Crippen LogP contribution in [0.25, 0.3) is 0 Å². The van der Waals surface area contributed by atoms with E-state index >= 15 is 0 Å². The predicted octanol–water partition coefficient (Wildman–Crippen LogP) is 1.57. The fraction of sp³-hybridized carbons (Fsp3) is 0.588. The Balaban J connectivity index is 1.87. The first-order valence-electron chi connectivity index (χ1n) is 8.87. The van der Waals surface area contributed by atoms with Crippen molar-refractivity contribution in [3.05, 3.63) is 29.2 Å². The lowest BCUT2D eigenvalue weighted by molar-refractivity contribution is 0.0940. The van der Waals surface area contributed by atoms with Crippen molar-refractivity contribution in [3.8, 4) is 0 Å². The highest BCUT2D eigenvalue weighted by atomic mass is 16.1. The van der Waals surface area contributed by atoms with E-state index in [9.17, 15) is 4.79 Å². The molecule has 0 unspecified atom stereocenters. The van der Waals surface area contributed by atoms with Crippen LogP contribution in [0.5, 0.6) is 0 Å². The second-order valence-electron chi connectivity index (χ2n) is 6.71. The van der Waals surface area contributed by atoms with Gasteiger partial charge in [-0.15, -0.1) is 10.2 Å². The monoisotopic (exact) mass is 343 g/mol. The molecule has 0 fully saturated rings. The van der Waals surface area contributed by atoms with E-state index in [4.69, 9.17) is 0 Å². The Hall–Kier alpha value is -2.51. The molecule has 0 radical (unpaired) electrons. The van der Waals surface area contributed by atoms with Crippen LogP contribution in [-0.2, 0) is 25.9 Å². The van der Waals surface area contributed by atoms with Crippen LogP contribution in [0.2, 0.25) is 0 Å². The van der Waals surface area contributed by atoms with E-state index in [0.29, 0.717) is 30.5 Å². The molecule has 1 aliphatic heterocycles. The third kappa shape index (κ3) is 3.94. The minimum atomic E-state index is -0.120. The second-order valence-corrected chi connectivity index (χ2v) is 6.71. The van der Waals surface area contributed by atoms with Crippen LogP contribution in [0.1, 0.15) is 54.9 Å². The van der Waals surface area contributed by atoms with Crippen LogP contribution >= 0.6 is 0 Å². The molecule has 1 amide bonds. The molecule has 2 N–H and O–H groups in total. The van der Waals surface area contributed by atoms with Crippen molar-refractivity contribution in [1.29, 1.82) is 0 Å². The molecule has 2 aromatic heterocycles. The number of hydrogen-bond donors (Lipinski definition) is 2. The number of amides is 1. The van der Waals surface area contributed by atoms with E-state index in [1.807, 2.05) is 4.57 Å². The Morgan fingerprint density at radius 2 is 2.20 bits per heavy atom. The van der Waals surface area contributed by atoms with Gasteiger partial charge in [-0.25, -0.2) is 9.97 Å². The molecule has 0 atom stereocenters. The lowest BCUT2D eigenvalue weighted by atomic mass is 10.0. The summed E-state index contributed by atoms with van der Waals surface area (Å²) in [4.78, 5) is 21.4. The molecule has 8 heteroatoms. The average Bonchev–Trinajstić information content (AvgIpc) is 3.01. The Kier molecular flexibility index (Phi) is 5.25. The largest absolute Gasteiger partial charge is 0.362 e. The Bertz CT molecular complexity index is 753. The van der Waals surface area contributed by atoms with Crippen molar-refractivity contribution in [1.82, 2.24) is 30.0 Å². The molecule has 3 heterocycles. The molecule has 0 spiro atoms. The van der Waals surface area contributed by atoms with E-state index in [0.717, 1.165) is 43.0 Å². The Labute approximate surface area is 147 Å². The normalized spacial score (nSPS) is 13.7. The molecule has 0 aromatic carbocycles. The van der Waals surface area contributed by atoms with E-state index in [1.165, 1.54) is 0 Å². The van der Waals surface area contributed by atoms with Gasteiger partial charge in [-0.2, -0.15) is 0 Å². The maximum Gasteiger partial charge on any atom is 0.270 e. The summed E-state index contributed by atoms with van der Waals surface area (Å²) in [6, 6.07) is 0. The molecule has 3 rings (SSSR count). The molecule has 0 aliphatic carbocycles. The van der Waals surface area contributed by atoms with Crippen molar-refractivity contribution in [2.24, 2.45) is 5.92 Å². The van der Waals surface area contributed by atoms with Gasteiger partial charge in [0.2, 0.25) is 0 Å². The highest BCUT2D eigenvalue weighted by molar-refractivity contribution is 5.95. The Morgan fingerprint density at radius 1 is 1.36 bits per heavy atom. The molecule has 25 heavy (non-hydrogen) atoms. The van der Waals surface area contributed by atoms with Crippen LogP contribution < -0.4 is 10.6 Å². The van der Waals surface area contributed by atoms with Crippen molar-refractivity contribution in [2.45, 2.75) is 53.1 Å². The summed E-state index contributed by atoms with van der Waals surface area (Å²) in [6.45, 7) is 8.36. The zero-order valence-electron chi connectivity index (χ0n) is 15.0. The summed E-state index contributed by atoms with van der Waals surface area (Å²) in [6.07, 6.45) is 4.23. The van der Waals surface area contributed by atoms with Gasteiger partial charge in [-0.3, -0.25) is 4.79 Å². The highest BCUT2D eigenvalue weighted by Gasteiger charge is 2.24. The highest BCUT2D eigenvalue weighted by Crippen LogP contribution is 2.22. The minimum Gasteiger partial charge on any atom is -0.362 e. The minimum absolute atomic E-state index is 0.120. The molecule has 1 aliphatic rings. The first-order chi connectivity index (χ1) is 12.1. The molecule has 134 valence electrons. The maximum atomic E-state index is 12.2.